The Morgan fingerprint density at radius 3 is 1.79 bits per heavy atom. The van der Waals surface area contributed by atoms with Crippen molar-refractivity contribution >= 4 is 49.7 Å². The Morgan fingerprint density at radius 2 is 1.29 bits per heavy atom. The van der Waals surface area contributed by atoms with Crippen LogP contribution in [-0.4, -0.2) is 25.9 Å². The van der Waals surface area contributed by atoms with E-state index in [0.29, 0.717) is 0 Å². The first-order valence-corrected chi connectivity index (χ1v) is 9.56. The fraction of sp³-hybridized carbons (Fsp3) is 0. The van der Waals surface area contributed by atoms with Gasteiger partial charge in [-0.05, 0) is 35.4 Å². The minimum Gasteiger partial charge on any atom is -0.399 e. The van der Waals surface area contributed by atoms with E-state index in [-0.39, 0.29) is 21.8 Å². The molecule has 0 aliphatic heterocycles. The van der Waals surface area contributed by atoms with E-state index in [2.05, 4.69) is 0 Å². The summed E-state index contributed by atoms with van der Waals surface area (Å²) in [5.74, 6) is 0. The van der Waals surface area contributed by atoms with Gasteiger partial charge in [0.2, 0.25) is 0 Å². The molecule has 128 valence electrons. The Bertz CT molecular complexity index is 946. The van der Waals surface area contributed by atoms with Gasteiger partial charge in [-0.3, -0.25) is 9.11 Å². The lowest BCUT2D eigenvalue weighted by atomic mass is 10.1. The van der Waals surface area contributed by atoms with Crippen LogP contribution in [-0.2, 0) is 20.2 Å². The van der Waals surface area contributed by atoms with Gasteiger partial charge < -0.3 is 5.73 Å². The van der Waals surface area contributed by atoms with Gasteiger partial charge in [-0.15, -0.1) is 0 Å². The van der Waals surface area contributed by atoms with Crippen molar-refractivity contribution < 1.29 is 25.9 Å². The molecule has 0 amide bonds. The summed E-state index contributed by atoms with van der Waals surface area (Å²) in [6, 6.07) is 7.64. The molecule has 10 heteroatoms. The molecule has 2 rings (SSSR count). The predicted molar refractivity (Wildman–Crippen MR) is 90.9 cm³/mol. The van der Waals surface area contributed by atoms with E-state index in [9.17, 15) is 25.9 Å². The molecule has 24 heavy (non-hydrogen) atoms. The van der Waals surface area contributed by atoms with Gasteiger partial charge in [-0.25, -0.2) is 0 Å². The SMILES string of the molecule is Nc1ccc(C=Cc2ccc(Cl)cc2S(=O)(=O)O)c(S(=O)(=O)O)c1. The zero-order valence-corrected chi connectivity index (χ0v) is 14.3. The van der Waals surface area contributed by atoms with Gasteiger partial charge in [0.05, 0.1) is 0 Å². The van der Waals surface area contributed by atoms with Crippen molar-refractivity contribution in [1.82, 2.24) is 0 Å². The highest BCUT2D eigenvalue weighted by molar-refractivity contribution is 7.86. The second kappa shape index (κ2) is 6.54. The van der Waals surface area contributed by atoms with Crippen molar-refractivity contribution in [2.75, 3.05) is 5.73 Å². The quantitative estimate of drug-likeness (QED) is 0.415. The van der Waals surface area contributed by atoms with E-state index < -0.39 is 30.0 Å². The van der Waals surface area contributed by atoms with Crippen molar-refractivity contribution in [3.05, 3.63) is 52.5 Å². The fourth-order valence-electron chi connectivity index (χ4n) is 1.96. The molecule has 0 aliphatic carbocycles. The topological polar surface area (TPSA) is 135 Å². The number of rotatable bonds is 4. The Labute approximate surface area is 143 Å². The lowest BCUT2D eigenvalue weighted by molar-refractivity contribution is 0.480. The van der Waals surface area contributed by atoms with Gasteiger partial charge >= 0.3 is 0 Å². The van der Waals surface area contributed by atoms with Crippen molar-refractivity contribution in [2.24, 2.45) is 0 Å². The van der Waals surface area contributed by atoms with Crippen molar-refractivity contribution in [1.29, 1.82) is 0 Å². The highest BCUT2D eigenvalue weighted by atomic mass is 35.5. The van der Waals surface area contributed by atoms with Gasteiger partial charge in [-0.1, -0.05) is 35.9 Å². The molecule has 0 saturated heterocycles. The molecule has 0 saturated carbocycles. The Balaban J connectivity index is 2.59. The first-order valence-electron chi connectivity index (χ1n) is 6.30. The molecule has 2 aromatic rings. The molecular formula is C14H12ClNO6S2. The van der Waals surface area contributed by atoms with Crippen LogP contribution in [0.5, 0.6) is 0 Å². The summed E-state index contributed by atoms with van der Waals surface area (Å²) in [6.45, 7) is 0. The zero-order chi connectivity index (χ0) is 18.1. The number of anilines is 1. The van der Waals surface area contributed by atoms with Crippen LogP contribution in [0.2, 0.25) is 5.02 Å². The third-order valence-corrected chi connectivity index (χ3v) is 5.07. The third kappa shape index (κ3) is 4.34. The smallest absolute Gasteiger partial charge is 0.295 e. The molecule has 0 spiro atoms. The summed E-state index contributed by atoms with van der Waals surface area (Å²) in [7, 11) is -9.05. The van der Waals surface area contributed by atoms with Crippen LogP contribution in [0.4, 0.5) is 5.69 Å². The van der Waals surface area contributed by atoms with Crippen LogP contribution < -0.4 is 5.73 Å². The molecule has 0 fully saturated rings. The van der Waals surface area contributed by atoms with E-state index in [4.69, 9.17) is 17.3 Å². The number of halogens is 1. The van der Waals surface area contributed by atoms with Gasteiger partial charge in [-0.2, -0.15) is 16.8 Å². The van der Waals surface area contributed by atoms with E-state index in [1.165, 1.54) is 36.4 Å². The Kier molecular flexibility index (Phi) is 5.02. The van der Waals surface area contributed by atoms with Crippen molar-refractivity contribution in [3.8, 4) is 0 Å². The summed E-state index contributed by atoms with van der Waals surface area (Å²) < 4.78 is 64.1. The third-order valence-electron chi connectivity index (χ3n) is 3.01. The zero-order valence-electron chi connectivity index (χ0n) is 11.9. The molecule has 2 aromatic carbocycles. The predicted octanol–water partition coefficient (Wildman–Crippen LogP) is 2.59. The second-order valence-electron chi connectivity index (χ2n) is 4.76. The molecule has 7 nitrogen and oxygen atoms in total. The number of benzene rings is 2. The molecular weight excluding hydrogens is 378 g/mol. The molecule has 0 heterocycles. The van der Waals surface area contributed by atoms with Crippen molar-refractivity contribution in [2.45, 2.75) is 9.79 Å². The first kappa shape index (κ1) is 18.4. The van der Waals surface area contributed by atoms with Crippen LogP contribution in [0, 0.1) is 0 Å². The summed E-state index contributed by atoms with van der Waals surface area (Å²) in [5, 5.41) is 0.103. The van der Waals surface area contributed by atoms with Crippen LogP contribution in [0.25, 0.3) is 12.2 Å². The molecule has 0 aliphatic rings. The maximum Gasteiger partial charge on any atom is 0.295 e. The summed E-state index contributed by atoms with van der Waals surface area (Å²) >= 11 is 5.72. The maximum atomic E-state index is 11.4. The van der Waals surface area contributed by atoms with Crippen LogP contribution in [0.15, 0.2) is 46.2 Å². The largest absolute Gasteiger partial charge is 0.399 e. The lowest BCUT2D eigenvalue weighted by Crippen LogP contribution is -2.02. The van der Waals surface area contributed by atoms with Crippen LogP contribution >= 0.6 is 11.6 Å². The van der Waals surface area contributed by atoms with Crippen LogP contribution in [0.3, 0.4) is 0 Å². The molecule has 0 radical (unpaired) electrons. The average molecular weight is 390 g/mol. The van der Waals surface area contributed by atoms with Crippen molar-refractivity contribution in [3.63, 3.8) is 0 Å². The minimum atomic E-state index is -4.53. The molecule has 0 bridgehead atoms. The average Bonchev–Trinajstić information content (AvgIpc) is 2.45. The number of hydrogen-bond donors (Lipinski definition) is 3. The monoisotopic (exact) mass is 389 g/mol. The standard InChI is InChI=1S/C14H12ClNO6S2/c15-11-5-3-9(13(7-11)23(17,18)19)1-2-10-4-6-12(16)8-14(10)24(20,21)22/h1-8H,16H2,(H,17,18,19)(H,20,21,22). The highest BCUT2D eigenvalue weighted by Crippen LogP contribution is 2.25. The Morgan fingerprint density at radius 1 is 0.833 bits per heavy atom. The molecule has 4 N–H and O–H groups in total. The number of nitrogens with two attached hydrogens (primary N) is 1. The second-order valence-corrected chi connectivity index (χ2v) is 7.98. The van der Waals surface area contributed by atoms with E-state index in [1.807, 2.05) is 0 Å². The van der Waals surface area contributed by atoms with E-state index in [1.54, 1.807) is 0 Å². The number of nitrogen functional groups attached to an aromatic ring is 1. The summed E-state index contributed by atoms with van der Waals surface area (Å²) in [5.41, 5.74) is 5.80. The molecule has 0 atom stereocenters. The van der Waals surface area contributed by atoms with Crippen LogP contribution in [0.1, 0.15) is 11.1 Å². The highest BCUT2D eigenvalue weighted by Gasteiger charge is 2.16. The maximum absolute atomic E-state index is 11.4. The summed E-state index contributed by atoms with van der Waals surface area (Å²) in [6.07, 6.45) is 2.53. The normalized spacial score (nSPS) is 12.6. The molecule has 0 unspecified atom stereocenters. The van der Waals surface area contributed by atoms with Gasteiger partial charge in [0, 0.05) is 10.7 Å². The summed E-state index contributed by atoms with van der Waals surface area (Å²) in [4.78, 5) is -0.865. The fourth-order valence-corrected chi connectivity index (χ4v) is 3.63. The van der Waals surface area contributed by atoms with Gasteiger partial charge in [0.15, 0.2) is 0 Å². The number of hydrogen-bond acceptors (Lipinski definition) is 5. The van der Waals surface area contributed by atoms with E-state index >= 15 is 0 Å². The minimum absolute atomic E-state index is 0.0833. The molecule has 0 aromatic heterocycles. The Hall–Kier alpha value is -1.91. The lowest BCUT2D eigenvalue weighted by Gasteiger charge is -2.06. The van der Waals surface area contributed by atoms with Gasteiger partial charge in [0.25, 0.3) is 20.2 Å². The first-order chi connectivity index (χ1) is 11.0. The van der Waals surface area contributed by atoms with Gasteiger partial charge in [0.1, 0.15) is 9.79 Å². The van der Waals surface area contributed by atoms with E-state index in [0.717, 1.165) is 12.1 Å².